The van der Waals surface area contributed by atoms with Crippen molar-refractivity contribution in [3.63, 3.8) is 0 Å². The van der Waals surface area contributed by atoms with Crippen LogP contribution in [0.2, 0.25) is 5.15 Å². The molecular weight excluding hydrogens is 510 g/mol. The van der Waals surface area contributed by atoms with Gasteiger partial charge in [-0.25, -0.2) is 8.42 Å². The van der Waals surface area contributed by atoms with E-state index in [0.717, 1.165) is 50.3 Å². The third-order valence-corrected chi connectivity index (χ3v) is 7.90. The number of anilines is 1. The topological polar surface area (TPSA) is 96.8 Å². The normalized spacial score (nSPS) is 13.3. The van der Waals surface area contributed by atoms with E-state index in [4.69, 9.17) is 16.0 Å². The molecule has 0 aliphatic heterocycles. The summed E-state index contributed by atoms with van der Waals surface area (Å²) in [5.41, 5.74) is 5.88. The van der Waals surface area contributed by atoms with Gasteiger partial charge in [0.25, 0.3) is 0 Å². The third-order valence-electron chi connectivity index (χ3n) is 6.96. The summed E-state index contributed by atoms with van der Waals surface area (Å²) in [7, 11) is -1.65. The van der Waals surface area contributed by atoms with Crippen LogP contribution in [-0.4, -0.2) is 29.6 Å². The van der Waals surface area contributed by atoms with Gasteiger partial charge >= 0.3 is 5.15 Å². The first kappa shape index (κ1) is 25.6. The fourth-order valence-corrected chi connectivity index (χ4v) is 5.96. The number of aryl methyl sites for hydroxylation is 2. The van der Waals surface area contributed by atoms with Crippen molar-refractivity contribution in [2.75, 3.05) is 11.0 Å². The third kappa shape index (κ3) is 4.28. The van der Waals surface area contributed by atoms with Gasteiger partial charge in [0.05, 0.1) is 22.6 Å². The van der Waals surface area contributed by atoms with Crippen LogP contribution in [0.4, 0.5) is 5.82 Å². The van der Waals surface area contributed by atoms with Crippen LogP contribution in [0.1, 0.15) is 51.3 Å². The fourth-order valence-electron chi connectivity index (χ4n) is 5.23. The fraction of sp³-hybridized carbons (Fsp3) is 0.407. The number of furan rings is 1. The molecule has 0 bridgehead atoms. The molecule has 196 valence electrons. The summed E-state index contributed by atoms with van der Waals surface area (Å²) in [5, 5.41) is 10.3. The Labute approximate surface area is 221 Å². The molecule has 0 aliphatic carbocycles. The molecular formula is C27H33ClN5O3S+. The Bertz CT molecular complexity index is 1800. The van der Waals surface area contributed by atoms with Crippen molar-refractivity contribution in [3.05, 3.63) is 52.2 Å². The molecule has 5 rings (SSSR count). The zero-order valence-electron chi connectivity index (χ0n) is 22.4. The number of para-hydroxylation sites is 1. The quantitative estimate of drug-likeness (QED) is 0.278. The van der Waals surface area contributed by atoms with Crippen molar-refractivity contribution in [3.8, 4) is 0 Å². The van der Waals surface area contributed by atoms with Crippen LogP contribution < -0.4 is 9.40 Å². The van der Waals surface area contributed by atoms with E-state index < -0.39 is 15.4 Å². The number of sulfonamides is 1. The lowest BCUT2D eigenvalue weighted by Crippen LogP contribution is -2.45. The number of aromatic amines is 1. The molecule has 0 fully saturated rings. The Morgan fingerprint density at radius 2 is 1.81 bits per heavy atom. The largest absolute Gasteiger partial charge is 0.446 e. The van der Waals surface area contributed by atoms with Gasteiger partial charge in [0.1, 0.15) is 5.58 Å². The number of hydrogen-bond donors (Lipinski definition) is 2. The number of fused-ring (bicyclic) bond motifs is 4. The highest BCUT2D eigenvalue weighted by molar-refractivity contribution is 7.92. The lowest BCUT2D eigenvalue weighted by Gasteiger charge is -2.23. The summed E-state index contributed by atoms with van der Waals surface area (Å²) in [6.45, 7) is 13.3. The Hall–Kier alpha value is -3.04. The molecule has 8 nitrogen and oxygen atoms in total. The van der Waals surface area contributed by atoms with E-state index in [9.17, 15) is 8.42 Å². The van der Waals surface area contributed by atoms with Crippen molar-refractivity contribution >= 4 is 60.4 Å². The molecule has 0 saturated heterocycles. The van der Waals surface area contributed by atoms with E-state index in [0.29, 0.717) is 23.1 Å². The van der Waals surface area contributed by atoms with Crippen molar-refractivity contribution in [1.29, 1.82) is 0 Å². The Kier molecular flexibility index (Phi) is 5.69. The summed E-state index contributed by atoms with van der Waals surface area (Å²) in [6.07, 6.45) is 1.13. The molecule has 37 heavy (non-hydrogen) atoms. The number of halogens is 1. The van der Waals surface area contributed by atoms with Crippen molar-refractivity contribution < 1.29 is 17.5 Å². The lowest BCUT2D eigenvalue weighted by atomic mass is 9.82. The summed E-state index contributed by atoms with van der Waals surface area (Å²) in [6, 6.07) is 10.3. The van der Waals surface area contributed by atoms with E-state index in [1.165, 1.54) is 0 Å². The van der Waals surface area contributed by atoms with Gasteiger partial charge in [-0.05, 0) is 55.0 Å². The van der Waals surface area contributed by atoms with Crippen molar-refractivity contribution in [2.45, 2.75) is 58.9 Å². The first-order chi connectivity index (χ1) is 17.1. The maximum atomic E-state index is 12.0. The smallest absolute Gasteiger partial charge is 0.343 e. The monoisotopic (exact) mass is 542 g/mol. The minimum absolute atomic E-state index is 0.0655. The molecule has 0 atom stereocenters. The van der Waals surface area contributed by atoms with Crippen LogP contribution >= 0.6 is 11.6 Å². The van der Waals surface area contributed by atoms with E-state index in [1.54, 1.807) is 4.68 Å². The van der Waals surface area contributed by atoms with E-state index in [2.05, 4.69) is 67.7 Å². The van der Waals surface area contributed by atoms with Gasteiger partial charge in [-0.2, -0.15) is 10.2 Å². The zero-order valence-corrected chi connectivity index (χ0v) is 24.0. The predicted molar refractivity (Wildman–Crippen MR) is 149 cm³/mol. The van der Waals surface area contributed by atoms with Crippen LogP contribution in [0.25, 0.3) is 33.0 Å². The first-order valence-corrected chi connectivity index (χ1v) is 14.4. The van der Waals surface area contributed by atoms with E-state index >= 15 is 0 Å². The van der Waals surface area contributed by atoms with Gasteiger partial charge in [-0.3, -0.25) is 9.40 Å². The van der Waals surface area contributed by atoms with Gasteiger partial charge < -0.3 is 4.42 Å². The van der Waals surface area contributed by atoms with Gasteiger partial charge in [0.15, 0.2) is 17.9 Å². The van der Waals surface area contributed by atoms with Gasteiger partial charge in [-0.15, -0.1) is 0 Å². The average molecular weight is 543 g/mol. The molecule has 3 aromatic heterocycles. The molecule has 3 heterocycles. The van der Waals surface area contributed by atoms with E-state index in [1.807, 2.05) is 30.8 Å². The number of hydrogen-bond acceptors (Lipinski definition) is 4. The summed E-state index contributed by atoms with van der Waals surface area (Å²) < 4.78 is 36.5. The average Bonchev–Trinajstić information content (AvgIpc) is 3.38. The second kappa shape index (κ2) is 8.23. The minimum Gasteiger partial charge on any atom is -0.446 e. The number of rotatable bonds is 5. The standard InChI is InChI=1S/C27H32ClN5O3S/c1-15-12-13-17(21-19(15)25(30-32(21)7)31-37(8,34)35)27(5,6)14-33-24(28)23-20(29-33)16-10-9-11-18(22(16)36-23)26(2,3)4/h9-13H,14H2,1-8H3,(H,30,31)/p+1. The molecule has 5 aromatic rings. The highest BCUT2D eigenvalue weighted by Gasteiger charge is 2.35. The zero-order chi connectivity index (χ0) is 27.1. The SMILES string of the molecule is Cc1ccc(C(C)(C)C[n+]2[nH]c3c(oc4c(C(C)(C)C)cccc43)c2Cl)c2c1c(NS(C)(=O)=O)nn2C. The van der Waals surface area contributed by atoms with Crippen molar-refractivity contribution in [2.24, 2.45) is 7.05 Å². The molecule has 2 N–H and O–H groups in total. The highest BCUT2D eigenvalue weighted by Crippen LogP contribution is 2.39. The number of aromatic nitrogens is 4. The summed E-state index contributed by atoms with van der Waals surface area (Å²) in [4.78, 5) is 0. The first-order valence-electron chi connectivity index (χ1n) is 12.2. The summed E-state index contributed by atoms with van der Waals surface area (Å²) in [5.74, 6) is 0.333. The Morgan fingerprint density at radius 1 is 1.11 bits per heavy atom. The number of H-pyrrole nitrogens is 1. The molecule has 0 aliphatic rings. The van der Waals surface area contributed by atoms with Crippen LogP contribution in [0.15, 0.2) is 34.7 Å². The molecule has 2 aromatic carbocycles. The lowest BCUT2D eigenvalue weighted by molar-refractivity contribution is -0.752. The van der Waals surface area contributed by atoms with Gasteiger partial charge in [-0.1, -0.05) is 49.7 Å². The predicted octanol–water partition coefficient (Wildman–Crippen LogP) is 5.70. The van der Waals surface area contributed by atoms with Gasteiger partial charge in [0, 0.05) is 18.0 Å². The second-order valence-electron chi connectivity index (χ2n) is 11.6. The molecule has 0 saturated carbocycles. The number of nitrogens with one attached hydrogen (secondary N) is 2. The minimum atomic E-state index is -3.48. The number of nitrogens with zero attached hydrogens (tertiary/aromatic N) is 3. The maximum Gasteiger partial charge on any atom is 0.343 e. The van der Waals surface area contributed by atoms with Crippen molar-refractivity contribution in [1.82, 2.24) is 14.9 Å². The molecule has 0 amide bonds. The highest BCUT2D eigenvalue weighted by atomic mass is 35.5. The molecule has 0 radical (unpaired) electrons. The maximum absolute atomic E-state index is 12.0. The van der Waals surface area contributed by atoms with E-state index in [-0.39, 0.29) is 5.41 Å². The summed E-state index contributed by atoms with van der Waals surface area (Å²) >= 11 is 6.88. The van der Waals surface area contributed by atoms with Crippen LogP contribution in [0, 0.1) is 6.92 Å². The molecule has 10 heteroatoms. The Morgan fingerprint density at radius 3 is 2.46 bits per heavy atom. The van der Waals surface area contributed by atoms with Crippen LogP contribution in [0.3, 0.4) is 0 Å². The second-order valence-corrected chi connectivity index (χ2v) is 13.7. The molecule has 0 spiro atoms. The Balaban J connectivity index is 1.62. The van der Waals surface area contributed by atoms with Gasteiger partial charge in [0.2, 0.25) is 15.6 Å². The molecule has 0 unspecified atom stereocenters. The van der Waals surface area contributed by atoms with Crippen LogP contribution in [-0.2, 0) is 34.4 Å². The number of benzene rings is 2. The van der Waals surface area contributed by atoms with Crippen LogP contribution in [0.5, 0.6) is 0 Å².